The van der Waals surface area contributed by atoms with Crippen LogP contribution in [0.5, 0.6) is 0 Å². The van der Waals surface area contributed by atoms with E-state index in [9.17, 15) is 18.0 Å². The van der Waals surface area contributed by atoms with E-state index in [0.29, 0.717) is 10.9 Å². The SMILES string of the molecule is CC(=O)O[C@@H](c1cn(C)c2ccccc12)C(F)(F)F. The lowest BCUT2D eigenvalue weighted by molar-refractivity contribution is -0.222. The van der Waals surface area contributed by atoms with E-state index in [1.165, 1.54) is 6.20 Å². The molecule has 2 aromatic rings. The fourth-order valence-corrected chi connectivity index (χ4v) is 2.05. The first-order chi connectivity index (χ1) is 8.80. The van der Waals surface area contributed by atoms with E-state index in [4.69, 9.17) is 0 Å². The normalized spacial score (nSPS) is 13.5. The number of benzene rings is 1. The molecule has 1 aromatic heterocycles. The van der Waals surface area contributed by atoms with E-state index in [0.717, 1.165) is 6.92 Å². The molecule has 6 heteroatoms. The van der Waals surface area contributed by atoms with Crippen molar-refractivity contribution >= 4 is 16.9 Å². The van der Waals surface area contributed by atoms with Crippen molar-refractivity contribution in [1.29, 1.82) is 0 Å². The van der Waals surface area contributed by atoms with Gasteiger partial charge in [-0.05, 0) is 6.07 Å². The zero-order valence-electron chi connectivity index (χ0n) is 10.4. The summed E-state index contributed by atoms with van der Waals surface area (Å²) in [6, 6.07) is 6.67. The van der Waals surface area contributed by atoms with Crippen LogP contribution in [-0.4, -0.2) is 16.7 Å². The van der Waals surface area contributed by atoms with Gasteiger partial charge in [0.15, 0.2) is 0 Å². The molecule has 0 unspecified atom stereocenters. The number of rotatable bonds is 2. The van der Waals surface area contributed by atoms with Gasteiger partial charge in [0.1, 0.15) is 0 Å². The summed E-state index contributed by atoms with van der Waals surface area (Å²) in [6.07, 6.45) is -5.54. The van der Waals surface area contributed by atoms with Crippen molar-refractivity contribution in [2.24, 2.45) is 7.05 Å². The smallest absolute Gasteiger partial charge is 0.429 e. The highest BCUT2D eigenvalue weighted by atomic mass is 19.4. The molecule has 0 amide bonds. The molecule has 0 aliphatic heterocycles. The molecule has 1 heterocycles. The van der Waals surface area contributed by atoms with Crippen LogP contribution in [0.4, 0.5) is 13.2 Å². The number of hydrogen-bond acceptors (Lipinski definition) is 2. The van der Waals surface area contributed by atoms with Gasteiger partial charge in [0.2, 0.25) is 6.10 Å². The van der Waals surface area contributed by atoms with Crippen molar-refractivity contribution in [1.82, 2.24) is 4.57 Å². The summed E-state index contributed by atoms with van der Waals surface area (Å²) in [5.74, 6) is -0.963. The van der Waals surface area contributed by atoms with Gasteiger partial charge in [-0.1, -0.05) is 18.2 Å². The monoisotopic (exact) mass is 271 g/mol. The minimum absolute atomic E-state index is 0.0548. The average molecular weight is 271 g/mol. The van der Waals surface area contributed by atoms with Gasteiger partial charge in [0.25, 0.3) is 0 Å². The molecule has 0 N–H and O–H groups in total. The molecule has 102 valence electrons. The number of ether oxygens (including phenoxy) is 1. The maximum absolute atomic E-state index is 13.0. The summed E-state index contributed by atoms with van der Waals surface area (Å²) < 4.78 is 45.1. The Hall–Kier alpha value is -1.98. The fraction of sp³-hybridized carbons (Fsp3) is 0.308. The molecule has 0 spiro atoms. The van der Waals surface area contributed by atoms with E-state index in [2.05, 4.69) is 4.74 Å². The molecular formula is C13H12F3NO2. The van der Waals surface area contributed by atoms with Crippen LogP contribution in [0.2, 0.25) is 0 Å². The minimum Gasteiger partial charge on any atom is -0.448 e. The van der Waals surface area contributed by atoms with Crippen molar-refractivity contribution in [2.75, 3.05) is 0 Å². The maximum atomic E-state index is 13.0. The van der Waals surface area contributed by atoms with Gasteiger partial charge < -0.3 is 9.30 Å². The summed E-state index contributed by atoms with van der Waals surface area (Å²) in [5.41, 5.74) is 0.597. The predicted octanol–water partition coefficient (Wildman–Crippen LogP) is 3.34. The van der Waals surface area contributed by atoms with Crippen LogP contribution in [0, 0.1) is 0 Å². The van der Waals surface area contributed by atoms with Gasteiger partial charge in [-0.25, -0.2) is 0 Å². The molecule has 3 nitrogen and oxygen atoms in total. The van der Waals surface area contributed by atoms with Gasteiger partial charge in [0.05, 0.1) is 0 Å². The average Bonchev–Trinajstić information content (AvgIpc) is 2.63. The van der Waals surface area contributed by atoms with E-state index < -0.39 is 18.2 Å². The molecule has 0 radical (unpaired) electrons. The van der Waals surface area contributed by atoms with E-state index in [1.807, 2.05) is 0 Å². The first-order valence-corrected chi connectivity index (χ1v) is 5.58. The summed E-state index contributed by atoms with van der Waals surface area (Å²) in [7, 11) is 1.65. The Bertz CT molecular complexity index is 616. The number of fused-ring (bicyclic) bond motifs is 1. The van der Waals surface area contributed by atoms with Crippen LogP contribution in [0.3, 0.4) is 0 Å². The maximum Gasteiger partial charge on any atom is 0.429 e. The zero-order chi connectivity index (χ0) is 14.2. The lowest BCUT2D eigenvalue weighted by Gasteiger charge is -2.19. The molecule has 0 saturated heterocycles. The predicted molar refractivity (Wildman–Crippen MR) is 63.5 cm³/mol. The Morgan fingerprint density at radius 3 is 2.53 bits per heavy atom. The number of halogens is 3. The number of aryl methyl sites for hydroxylation is 1. The van der Waals surface area contributed by atoms with Crippen LogP contribution in [0.15, 0.2) is 30.5 Å². The van der Waals surface area contributed by atoms with Gasteiger partial charge in [-0.2, -0.15) is 13.2 Å². The minimum atomic E-state index is -4.64. The zero-order valence-corrected chi connectivity index (χ0v) is 10.4. The Morgan fingerprint density at radius 1 is 1.32 bits per heavy atom. The van der Waals surface area contributed by atoms with E-state index in [-0.39, 0.29) is 5.56 Å². The molecule has 1 aromatic carbocycles. The van der Waals surface area contributed by atoms with Crippen molar-refractivity contribution in [2.45, 2.75) is 19.2 Å². The van der Waals surface area contributed by atoms with Crippen LogP contribution in [0.25, 0.3) is 10.9 Å². The molecule has 19 heavy (non-hydrogen) atoms. The van der Waals surface area contributed by atoms with Crippen molar-refractivity contribution in [3.8, 4) is 0 Å². The van der Waals surface area contributed by atoms with E-state index in [1.54, 1.807) is 35.9 Å². The number of carbonyl (C=O) groups excluding carboxylic acids is 1. The van der Waals surface area contributed by atoms with Gasteiger partial charge in [-0.3, -0.25) is 4.79 Å². The molecule has 0 saturated carbocycles. The Morgan fingerprint density at radius 2 is 1.95 bits per heavy atom. The number of esters is 1. The third-order valence-electron chi connectivity index (χ3n) is 2.79. The third-order valence-corrected chi connectivity index (χ3v) is 2.79. The standard InChI is InChI=1S/C13H12F3NO2/c1-8(18)19-12(13(14,15)16)10-7-17(2)11-6-4-3-5-9(10)11/h3-7,12H,1-2H3/t12-/m0/s1. The summed E-state index contributed by atoms with van der Waals surface area (Å²) in [6.45, 7) is 0.962. The van der Waals surface area contributed by atoms with Crippen molar-refractivity contribution in [3.05, 3.63) is 36.0 Å². The number of alkyl halides is 3. The lowest BCUT2D eigenvalue weighted by Crippen LogP contribution is -2.25. The van der Waals surface area contributed by atoms with Crippen LogP contribution in [0.1, 0.15) is 18.6 Å². The number of carbonyl (C=O) groups is 1. The summed E-state index contributed by atoms with van der Waals surface area (Å²) in [5, 5.41) is 0.425. The lowest BCUT2D eigenvalue weighted by atomic mass is 10.1. The van der Waals surface area contributed by atoms with Gasteiger partial charge in [-0.15, -0.1) is 0 Å². The van der Waals surface area contributed by atoms with E-state index >= 15 is 0 Å². The van der Waals surface area contributed by atoms with Crippen LogP contribution in [-0.2, 0) is 16.6 Å². The number of para-hydroxylation sites is 1. The molecule has 2 rings (SSSR count). The van der Waals surface area contributed by atoms with Gasteiger partial charge in [0, 0.05) is 36.6 Å². The third kappa shape index (κ3) is 2.57. The number of nitrogens with zero attached hydrogens (tertiary/aromatic N) is 1. The number of aromatic nitrogens is 1. The summed E-state index contributed by atoms with van der Waals surface area (Å²) >= 11 is 0. The molecule has 1 atom stereocenters. The van der Waals surface area contributed by atoms with Crippen molar-refractivity contribution in [3.63, 3.8) is 0 Å². The highest BCUT2D eigenvalue weighted by Gasteiger charge is 2.45. The largest absolute Gasteiger partial charge is 0.448 e. The second-order valence-electron chi connectivity index (χ2n) is 4.24. The topological polar surface area (TPSA) is 31.2 Å². The highest BCUT2D eigenvalue weighted by Crippen LogP contribution is 2.39. The highest BCUT2D eigenvalue weighted by molar-refractivity contribution is 5.84. The van der Waals surface area contributed by atoms with Crippen LogP contribution >= 0.6 is 0 Å². The van der Waals surface area contributed by atoms with Crippen molar-refractivity contribution < 1.29 is 22.7 Å². The second-order valence-corrected chi connectivity index (χ2v) is 4.24. The Balaban J connectivity index is 2.59. The Labute approximate surface area is 107 Å². The first-order valence-electron chi connectivity index (χ1n) is 5.58. The fourth-order valence-electron chi connectivity index (χ4n) is 2.05. The van der Waals surface area contributed by atoms with Crippen LogP contribution < -0.4 is 0 Å². The van der Waals surface area contributed by atoms with Gasteiger partial charge >= 0.3 is 12.1 Å². The molecule has 0 fully saturated rings. The number of hydrogen-bond donors (Lipinski definition) is 0. The quantitative estimate of drug-likeness (QED) is 0.784. The molecular weight excluding hydrogens is 259 g/mol. The first kappa shape index (κ1) is 13.5. The second kappa shape index (κ2) is 4.60. The molecule has 0 bridgehead atoms. The molecule has 0 aliphatic rings. The Kier molecular flexibility index (Phi) is 3.26. The summed E-state index contributed by atoms with van der Waals surface area (Å²) in [4.78, 5) is 10.9. The molecule has 0 aliphatic carbocycles.